The van der Waals surface area contributed by atoms with Crippen molar-refractivity contribution in [2.45, 2.75) is 6.92 Å². The highest BCUT2D eigenvalue weighted by Gasteiger charge is 2.12. The number of rotatable bonds is 4. The van der Waals surface area contributed by atoms with Crippen LogP contribution in [-0.2, 0) is 0 Å². The van der Waals surface area contributed by atoms with Gasteiger partial charge in [0.2, 0.25) is 0 Å². The van der Waals surface area contributed by atoms with E-state index in [0.29, 0.717) is 5.56 Å². The Hall–Kier alpha value is -2.87. The van der Waals surface area contributed by atoms with Crippen LogP contribution in [0, 0.1) is 6.92 Å². The third-order valence-electron chi connectivity index (χ3n) is 3.54. The summed E-state index contributed by atoms with van der Waals surface area (Å²) in [6.07, 6.45) is 0.878. The molecule has 0 aromatic heterocycles. The fourth-order valence-corrected chi connectivity index (χ4v) is 2.53. The van der Waals surface area contributed by atoms with Crippen LogP contribution in [0.4, 0.5) is 17.1 Å². The maximum atomic E-state index is 11.1. The fourth-order valence-electron chi connectivity index (χ4n) is 2.53. The third-order valence-corrected chi connectivity index (χ3v) is 3.54. The lowest BCUT2D eigenvalue weighted by molar-refractivity contribution is 0.112. The first-order valence-corrected chi connectivity index (χ1v) is 7.25. The Kier molecular flexibility index (Phi) is 4.01. The van der Waals surface area contributed by atoms with Gasteiger partial charge in [-0.05, 0) is 48.9 Å². The summed E-state index contributed by atoms with van der Waals surface area (Å²) < 4.78 is 0. The van der Waals surface area contributed by atoms with Gasteiger partial charge in [-0.3, -0.25) is 4.79 Å². The van der Waals surface area contributed by atoms with Crippen molar-refractivity contribution in [3.05, 3.63) is 90.0 Å². The molecule has 0 radical (unpaired) electrons. The Balaban J connectivity index is 2.16. The van der Waals surface area contributed by atoms with Gasteiger partial charge in [-0.1, -0.05) is 42.5 Å². The van der Waals surface area contributed by atoms with Gasteiger partial charge in [-0.2, -0.15) is 0 Å². The molecule has 0 N–H and O–H groups in total. The molecule has 0 saturated carbocycles. The number of para-hydroxylation sites is 1. The van der Waals surface area contributed by atoms with Gasteiger partial charge in [0.1, 0.15) is 6.29 Å². The molecular weight excluding hydrogens is 270 g/mol. The summed E-state index contributed by atoms with van der Waals surface area (Å²) in [6.45, 7) is 2.08. The molecule has 0 aliphatic rings. The summed E-state index contributed by atoms with van der Waals surface area (Å²) in [4.78, 5) is 13.2. The summed E-state index contributed by atoms with van der Waals surface area (Å²) in [7, 11) is 0. The third kappa shape index (κ3) is 2.91. The van der Waals surface area contributed by atoms with Crippen molar-refractivity contribution in [2.24, 2.45) is 0 Å². The molecule has 0 unspecified atom stereocenters. The van der Waals surface area contributed by atoms with Crippen LogP contribution in [0.1, 0.15) is 15.9 Å². The first-order valence-electron chi connectivity index (χ1n) is 7.25. The lowest BCUT2D eigenvalue weighted by Gasteiger charge is -2.25. The summed E-state index contributed by atoms with van der Waals surface area (Å²) >= 11 is 0. The van der Waals surface area contributed by atoms with Gasteiger partial charge in [0.05, 0.1) is 0 Å². The van der Waals surface area contributed by atoms with E-state index in [0.717, 1.165) is 23.3 Å². The van der Waals surface area contributed by atoms with Crippen molar-refractivity contribution >= 4 is 23.3 Å². The number of benzene rings is 3. The number of aryl methyl sites for hydroxylation is 1. The zero-order valence-electron chi connectivity index (χ0n) is 12.4. The van der Waals surface area contributed by atoms with Crippen LogP contribution < -0.4 is 4.90 Å². The maximum Gasteiger partial charge on any atom is 0.150 e. The van der Waals surface area contributed by atoms with E-state index >= 15 is 0 Å². The van der Waals surface area contributed by atoms with E-state index in [1.807, 2.05) is 48.5 Å². The average molecular weight is 287 g/mol. The number of anilines is 3. The molecular formula is C20H17NO. The maximum absolute atomic E-state index is 11.1. The van der Waals surface area contributed by atoms with Crippen molar-refractivity contribution in [2.75, 3.05) is 4.90 Å². The molecule has 0 aliphatic carbocycles. The predicted octanol–water partition coefficient (Wildman–Crippen LogP) is 5.28. The molecule has 0 amide bonds. The van der Waals surface area contributed by atoms with E-state index in [-0.39, 0.29) is 0 Å². The van der Waals surface area contributed by atoms with Crippen molar-refractivity contribution in [3.63, 3.8) is 0 Å². The molecule has 3 aromatic carbocycles. The van der Waals surface area contributed by atoms with Crippen LogP contribution in [0.3, 0.4) is 0 Å². The second-order valence-corrected chi connectivity index (χ2v) is 5.22. The smallest absolute Gasteiger partial charge is 0.150 e. The highest BCUT2D eigenvalue weighted by molar-refractivity contribution is 5.82. The molecule has 2 nitrogen and oxygen atoms in total. The molecule has 3 rings (SSSR count). The molecule has 108 valence electrons. The number of hydrogen-bond donors (Lipinski definition) is 0. The van der Waals surface area contributed by atoms with Gasteiger partial charge in [-0.25, -0.2) is 0 Å². The molecule has 0 saturated heterocycles. The Morgan fingerprint density at radius 2 is 1.36 bits per heavy atom. The van der Waals surface area contributed by atoms with E-state index in [9.17, 15) is 4.79 Å². The van der Waals surface area contributed by atoms with Crippen molar-refractivity contribution in [3.8, 4) is 0 Å². The Bertz CT molecular complexity index is 780. The van der Waals surface area contributed by atoms with Crippen LogP contribution >= 0.6 is 0 Å². The summed E-state index contributed by atoms with van der Waals surface area (Å²) in [5.74, 6) is 0. The van der Waals surface area contributed by atoms with Crippen LogP contribution in [0.2, 0.25) is 0 Å². The van der Waals surface area contributed by atoms with Gasteiger partial charge < -0.3 is 4.90 Å². The van der Waals surface area contributed by atoms with Crippen molar-refractivity contribution < 1.29 is 4.79 Å². The molecule has 0 heterocycles. The van der Waals surface area contributed by atoms with E-state index < -0.39 is 0 Å². The van der Waals surface area contributed by atoms with E-state index in [1.165, 1.54) is 5.56 Å². The molecule has 0 spiro atoms. The molecule has 0 aliphatic heterocycles. The van der Waals surface area contributed by atoms with E-state index in [4.69, 9.17) is 0 Å². The van der Waals surface area contributed by atoms with Crippen LogP contribution in [0.25, 0.3) is 0 Å². The number of carbonyl (C=O) groups is 1. The van der Waals surface area contributed by atoms with Gasteiger partial charge in [0, 0.05) is 22.6 Å². The number of aldehydes is 1. The molecule has 3 aromatic rings. The summed E-state index contributed by atoms with van der Waals surface area (Å²) in [5, 5.41) is 0. The zero-order chi connectivity index (χ0) is 15.4. The minimum Gasteiger partial charge on any atom is -0.310 e. The number of hydrogen-bond acceptors (Lipinski definition) is 2. The van der Waals surface area contributed by atoms with Gasteiger partial charge >= 0.3 is 0 Å². The molecule has 0 atom stereocenters. The molecule has 2 heteroatoms. The standard InChI is InChI=1S/C20H17NO/c1-16-7-5-11-19(13-16)21(18-9-3-2-4-10-18)20-12-6-8-17(14-20)15-22/h2-15H,1H3. The lowest BCUT2D eigenvalue weighted by atomic mass is 10.1. The molecule has 0 bridgehead atoms. The summed E-state index contributed by atoms with van der Waals surface area (Å²) in [6, 6.07) is 26.1. The first-order chi connectivity index (χ1) is 10.8. The van der Waals surface area contributed by atoms with Gasteiger partial charge in [0.15, 0.2) is 0 Å². The Morgan fingerprint density at radius 3 is 2.05 bits per heavy atom. The highest BCUT2D eigenvalue weighted by atomic mass is 16.1. The normalized spacial score (nSPS) is 10.2. The second kappa shape index (κ2) is 6.27. The Morgan fingerprint density at radius 1 is 0.727 bits per heavy atom. The van der Waals surface area contributed by atoms with Crippen LogP contribution in [0.5, 0.6) is 0 Å². The zero-order valence-corrected chi connectivity index (χ0v) is 12.4. The highest BCUT2D eigenvalue weighted by Crippen LogP contribution is 2.34. The topological polar surface area (TPSA) is 20.3 Å². The summed E-state index contributed by atoms with van der Waals surface area (Å²) in [5.41, 5.74) is 4.99. The fraction of sp³-hybridized carbons (Fsp3) is 0.0500. The largest absolute Gasteiger partial charge is 0.310 e. The molecule has 22 heavy (non-hydrogen) atoms. The average Bonchev–Trinajstić information content (AvgIpc) is 2.56. The van der Waals surface area contributed by atoms with E-state index in [2.05, 4.69) is 42.2 Å². The predicted molar refractivity (Wildman–Crippen MR) is 91.2 cm³/mol. The van der Waals surface area contributed by atoms with Gasteiger partial charge in [0.25, 0.3) is 0 Å². The minimum atomic E-state index is 0.672. The van der Waals surface area contributed by atoms with Crippen LogP contribution in [0.15, 0.2) is 78.9 Å². The van der Waals surface area contributed by atoms with Gasteiger partial charge in [-0.15, -0.1) is 0 Å². The second-order valence-electron chi connectivity index (χ2n) is 5.22. The Labute approximate surface area is 130 Å². The SMILES string of the molecule is Cc1cccc(N(c2ccccc2)c2cccc(C=O)c2)c1. The first kappa shape index (κ1) is 14.1. The van der Waals surface area contributed by atoms with Crippen molar-refractivity contribution in [1.82, 2.24) is 0 Å². The number of nitrogens with zero attached hydrogens (tertiary/aromatic N) is 1. The number of carbonyl (C=O) groups excluding carboxylic acids is 1. The lowest BCUT2D eigenvalue weighted by Crippen LogP contribution is -2.10. The quantitative estimate of drug-likeness (QED) is 0.609. The minimum absolute atomic E-state index is 0.672. The van der Waals surface area contributed by atoms with Crippen molar-refractivity contribution in [1.29, 1.82) is 0 Å². The monoisotopic (exact) mass is 287 g/mol. The van der Waals surface area contributed by atoms with E-state index in [1.54, 1.807) is 0 Å². The molecule has 0 fully saturated rings. The van der Waals surface area contributed by atoms with Crippen LogP contribution in [-0.4, -0.2) is 6.29 Å².